The number of unbranched alkanes of at least 4 members (excludes halogenated alkanes) is 2. The molecule has 1 aromatic heterocycles. The molecule has 364 valence electrons. The fourth-order valence-electron chi connectivity index (χ4n) is 9.29. The first kappa shape index (κ1) is 48.4. The Hall–Kier alpha value is -7.03. The zero-order chi connectivity index (χ0) is 49.3. The third kappa shape index (κ3) is 10.2. The van der Waals surface area contributed by atoms with Crippen LogP contribution in [0.2, 0.25) is 0 Å². The van der Waals surface area contributed by atoms with Gasteiger partial charge in [0.2, 0.25) is 23.7 Å². The molecule has 3 saturated heterocycles. The van der Waals surface area contributed by atoms with Crippen molar-refractivity contribution in [2.24, 2.45) is 0 Å². The molecule has 21 heteroatoms. The number of piperazine rings is 2. The molecule has 1 unspecified atom stereocenters. The van der Waals surface area contributed by atoms with Crippen LogP contribution < -0.4 is 25.8 Å². The van der Waals surface area contributed by atoms with Crippen molar-refractivity contribution in [3.63, 3.8) is 0 Å². The number of nitrogens with zero attached hydrogens (tertiary/aromatic N) is 7. The lowest BCUT2D eigenvalue weighted by molar-refractivity contribution is -0.138. The number of amides is 6. The SMILES string of the molecule is C[C@@H]1CN(c2cc(F)c(-c3cnc(N4CCN(C(=O)CCCCCNc5cccc6c5C(=O)N(C5CCC(=O)NC5=O)C6=O)CC4)nc3)cc2NC(=O)c2ccc(F)cc2C(F)(F)F)C[C@H](C)N1C. The van der Waals surface area contributed by atoms with E-state index in [1.165, 1.54) is 30.6 Å². The smallest absolute Gasteiger partial charge is 0.384 e. The first-order chi connectivity index (χ1) is 32.9. The van der Waals surface area contributed by atoms with Gasteiger partial charge in [-0.1, -0.05) is 12.5 Å². The van der Waals surface area contributed by atoms with Crippen LogP contribution in [0.15, 0.2) is 60.9 Å². The number of rotatable bonds is 13. The summed E-state index contributed by atoms with van der Waals surface area (Å²) < 4.78 is 71.8. The minimum Gasteiger partial charge on any atom is -0.384 e. The van der Waals surface area contributed by atoms with Crippen LogP contribution in [-0.2, 0) is 20.6 Å². The van der Waals surface area contributed by atoms with Crippen LogP contribution in [0.4, 0.5) is 45.0 Å². The van der Waals surface area contributed by atoms with E-state index in [2.05, 4.69) is 30.8 Å². The molecule has 5 heterocycles. The van der Waals surface area contributed by atoms with Gasteiger partial charge >= 0.3 is 6.18 Å². The zero-order valence-corrected chi connectivity index (χ0v) is 38.2. The molecule has 0 bridgehead atoms. The standard InChI is InChI=1S/C48H51F5N10O6/c1-27-25-62(26-28(2)59(27)3)39-22-35(50)33(21-37(39)57-43(66)31-12-11-30(49)20-34(31)48(51,52)53)29-23-55-47(56-24-29)61-18-16-60(17-19-61)41(65)10-5-4-6-15-54-36-9-7-8-32-42(36)46(69)63(45(32)68)38-13-14-40(64)58-44(38)67/h7-9,11-12,20-24,27-28,38,54H,4-6,10,13-19,25-26H2,1-3H3,(H,57,66)(H,58,64,67)/t27-,28+,38?. The topological polar surface area (TPSA) is 180 Å². The van der Waals surface area contributed by atoms with Crippen molar-refractivity contribution in [3.8, 4) is 11.1 Å². The molecule has 0 radical (unpaired) electrons. The summed E-state index contributed by atoms with van der Waals surface area (Å²) in [5.74, 6) is -4.94. The van der Waals surface area contributed by atoms with Crippen LogP contribution >= 0.6 is 0 Å². The Bertz CT molecular complexity index is 2670. The average molecular weight is 959 g/mol. The van der Waals surface area contributed by atoms with Crippen molar-refractivity contribution in [2.75, 3.05) is 73.3 Å². The van der Waals surface area contributed by atoms with Crippen LogP contribution in [0.1, 0.15) is 89.0 Å². The van der Waals surface area contributed by atoms with Crippen LogP contribution in [-0.4, -0.2) is 131 Å². The van der Waals surface area contributed by atoms with E-state index >= 15 is 4.39 Å². The third-order valence-electron chi connectivity index (χ3n) is 13.3. The molecule has 3 fully saturated rings. The number of imide groups is 2. The number of benzene rings is 3. The van der Waals surface area contributed by atoms with Gasteiger partial charge in [-0.3, -0.25) is 43.9 Å². The molecule has 4 aromatic rings. The van der Waals surface area contributed by atoms with Gasteiger partial charge in [-0.25, -0.2) is 18.7 Å². The van der Waals surface area contributed by atoms with Crippen LogP contribution in [0.25, 0.3) is 11.1 Å². The predicted octanol–water partition coefficient (Wildman–Crippen LogP) is 5.94. The maximum atomic E-state index is 16.1. The van der Waals surface area contributed by atoms with E-state index in [4.69, 9.17) is 0 Å². The van der Waals surface area contributed by atoms with Crippen molar-refractivity contribution < 1.29 is 50.7 Å². The second-order valence-electron chi connectivity index (χ2n) is 17.8. The lowest BCUT2D eigenvalue weighted by Gasteiger charge is -2.44. The second kappa shape index (κ2) is 19.9. The molecular formula is C48H51F5N10O6. The van der Waals surface area contributed by atoms with Gasteiger partial charge in [-0.05, 0) is 82.6 Å². The fraction of sp³-hybridized carbons (Fsp3) is 0.417. The monoisotopic (exact) mass is 958 g/mol. The number of hydrogen-bond acceptors (Lipinski definition) is 12. The molecule has 3 atom stereocenters. The highest BCUT2D eigenvalue weighted by Crippen LogP contribution is 2.38. The fourth-order valence-corrected chi connectivity index (χ4v) is 9.29. The molecule has 4 aliphatic heterocycles. The highest BCUT2D eigenvalue weighted by molar-refractivity contribution is 6.25. The molecule has 8 rings (SSSR count). The summed E-state index contributed by atoms with van der Waals surface area (Å²) >= 11 is 0. The third-order valence-corrected chi connectivity index (χ3v) is 13.3. The quantitative estimate of drug-likeness (QED) is 0.0817. The number of hydrogen-bond donors (Lipinski definition) is 3. The average Bonchev–Trinajstić information content (AvgIpc) is 3.57. The first-order valence-corrected chi connectivity index (χ1v) is 22.8. The first-order valence-electron chi connectivity index (χ1n) is 22.8. The van der Waals surface area contributed by atoms with Crippen molar-refractivity contribution in [1.29, 1.82) is 0 Å². The highest BCUT2D eigenvalue weighted by atomic mass is 19.4. The number of alkyl halides is 3. The number of piperidine rings is 1. The largest absolute Gasteiger partial charge is 0.417 e. The Kier molecular flexibility index (Phi) is 14.0. The molecular weight excluding hydrogens is 908 g/mol. The van der Waals surface area contributed by atoms with Gasteiger partial charge < -0.3 is 25.3 Å². The van der Waals surface area contributed by atoms with Gasteiger partial charge in [0, 0.05) is 99.9 Å². The minimum atomic E-state index is -5.02. The molecule has 16 nitrogen and oxygen atoms in total. The predicted molar refractivity (Wildman–Crippen MR) is 245 cm³/mol. The number of nitrogens with one attached hydrogen (secondary N) is 3. The number of halogens is 5. The van der Waals surface area contributed by atoms with Crippen molar-refractivity contribution >= 4 is 58.5 Å². The molecule has 0 aliphatic carbocycles. The van der Waals surface area contributed by atoms with Gasteiger partial charge in [-0.15, -0.1) is 0 Å². The number of carbonyl (C=O) groups is 6. The number of fused-ring (bicyclic) bond motifs is 1. The number of carbonyl (C=O) groups excluding carboxylic acids is 6. The van der Waals surface area contributed by atoms with E-state index in [0.29, 0.717) is 83.1 Å². The van der Waals surface area contributed by atoms with Crippen molar-refractivity contribution in [1.82, 2.24) is 30.0 Å². The summed E-state index contributed by atoms with van der Waals surface area (Å²) in [5, 5.41) is 7.97. The van der Waals surface area contributed by atoms with Gasteiger partial charge in [-0.2, -0.15) is 13.2 Å². The van der Waals surface area contributed by atoms with E-state index < -0.39 is 64.5 Å². The Morgan fingerprint density at radius 1 is 0.826 bits per heavy atom. The van der Waals surface area contributed by atoms with E-state index in [-0.39, 0.29) is 70.5 Å². The molecule has 69 heavy (non-hydrogen) atoms. The Morgan fingerprint density at radius 2 is 1.54 bits per heavy atom. The summed E-state index contributed by atoms with van der Waals surface area (Å²) in [5.41, 5.74) is -0.854. The van der Waals surface area contributed by atoms with E-state index in [9.17, 15) is 46.3 Å². The van der Waals surface area contributed by atoms with Gasteiger partial charge in [0.05, 0.1) is 33.6 Å². The van der Waals surface area contributed by atoms with Crippen LogP contribution in [0, 0.1) is 11.6 Å². The molecule has 4 aliphatic rings. The van der Waals surface area contributed by atoms with E-state index in [1.54, 1.807) is 17.0 Å². The molecule has 0 saturated carbocycles. The molecule has 0 spiro atoms. The van der Waals surface area contributed by atoms with Gasteiger partial charge in [0.25, 0.3) is 17.7 Å². The maximum absolute atomic E-state index is 16.1. The number of anilines is 4. The van der Waals surface area contributed by atoms with E-state index in [1.807, 2.05) is 30.7 Å². The van der Waals surface area contributed by atoms with Crippen molar-refractivity contribution in [3.05, 3.63) is 94.8 Å². The number of likely N-dealkylation sites (N-methyl/N-ethyl adjacent to an activating group) is 1. The van der Waals surface area contributed by atoms with Crippen molar-refractivity contribution in [2.45, 2.75) is 76.7 Å². The van der Waals surface area contributed by atoms with E-state index in [0.717, 1.165) is 17.0 Å². The summed E-state index contributed by atoms with van der Waals surface area (Å²) in [6.07, 6.45) is 0.233. The maximum Gasteiger partial charge on any atom is 0.417 e. The summed E-state index contributed by atoms with van der Waals surface area (Å²) in [6, 6.07) is 8.22. The summed E-state index contributed by atoms with van der Waals surface area (Å²) in [7, 11) is 1.96. The second-order valence-corrected chi connectivity index (χ2v) is 17.8. The Balaban J connectivity index is 0.850. The molecule has 3 aromatic carbocycles. The van der Waals surface area contributed by atoms with Gasteiger partial charge in [0.1, 0.15) is 17.7 Å². The van der Waals surface area contributed by atoms with Crippen LogP contribution in [0.5, 0.6) is 0 Å². The van der Waals surface area contributed by atoms with Gasteiger partial charge in [0.15, 0.2) is 0 Å². The highest BCUT2D eigenvalue weighted by Gasteiger charge is 2.46. The normalized spacial score (nSPS) is 20.0. The molecule has 6 amide bonds. The zero-order valence-electron chi connectivity index (χ0n) is 38.2. The number of aromatic nitrogens is 2. The summed E-state index contributed by atoms with van der Waals surface area (Å²) in [4.78, 5) is 94.8. The Morgan fingerprint density at radius 3 is 2.22 bits per heavy atom. The minimum absolute atomic E-state index is 0.00577. The summed E-state index contributed by atoms with van der Waals surface area (Å²) in [6.45, 7) is 7.01. The molecule has 3 N–H and O–H groups in total. The Labute approximate surface area is 394 Å². The van der Waals surface area contributed by atoms with Crippen LogP contribution in [0.3, 0.4) is 0 Å². The lowest BCUT2D eigenvalue weighted by atomic mass is 10.0. The lowest BCUT2D eigenvalue weighted by Crippen LogP contribution is -2.55.